The Morgan fingerprint density at radius 2 is 1.76 bits per heavy atom. The minimum Gasteiger partial charge on any atom is -0.396 e. The molecule has 0 aliphatic carbocycles. The van der Waals surface area contributed by atoms with Crippen LogP contribution in [-0.4, -0.2) is 38.2 Å². The summed E-state index contributed by atoms with van der Waals surface area (Å²) in [5.74, 6) is 1.55. The van der Waals surface area contributed by atoms with Crippen LogP contribution in [0.4, 0.5) is 0 Å². The molecule has 0 heterocycles. The summed E-state index contributed by atoms with van der Waals surface area (Å²) >= 11 is 1.63. The normalized spacial score (nSPS) is 12.6. The van der Waals surface area contributed by atoms with Gasteiger partial charge >= 0.3 is 0 Å². The van der Waals surface area contributed by atoms with Gasteiger partial charge in [0.1, 0.15) is 0 Å². The number of benzene rings is 1. The van der Waals surface area contributed by atoms with E-state index in [1.165, 1.54) is 0 Å². The zero-order valence-corrected chi connectivity index (χ0v) is 14.6. The van der Waals surface area contributed by atoms with Gasteiger partial charge in [0.15, 0.2) is 0 Å². The van der Waals surface area contributed by atoms with Crippen molar-refractivity contribution in [3.8, 4) is 0 Å². The standard InChI is InChI=1S/C15H25NO3S2/c1-15(2,3)13-5-7-14(8-6-13)21(18,19)16-9-12-20-11-4-10-17/h5-8,16-17H,4,9-12H2,1-3H3. The highest BCUT2D eigenvalue weighted by molar-refractivity contribution is 7.99. The van der Waals surface area contributed by atoms with E-state index in [4.69, 9.17) is 5.11 Å². The first kappa shape index (κ1) is 18.5. The summed E-state index contributed by atoms with van der Waals surface area (Å²) in [6.07, 6.45) is 0.742. The number of aliphatic hydroxyl groups excluding tert-OH is 1. The van der Waals surface area contributed by atoms with Crippen LogP contribution in [0.1, 0.15) is 32.8 Å². The lowest BCUT2D eigenvalue weighted by Crippen LogP contribution is -2.26. The fourth-order valence-corrected chi connectivity index (χ4v) is 3.68. The van der Waals surface area contributed by atoms with Gasteiger partial charge in [0.05, 0.1) is 4.90 Å². The Kier molecular flexibility index (Phi) is 7.20. The number of thioether (sulfide) groups is 1. The largest absolute Gasteiger partial charge is 0.396 e. The predicted octanol–water partition coefficient (Wildman–Crippen LogP) is 2.38. The highest BCUT2D eigenvalue weighted by Crippen LogP contribution is 2.23. The van der Waals surface area contributed by atoms with Crippen molar-refractivity contribution < 1.29 is 13.5 Å². The van der Waals surface area contributed by atoms with Crippen LogP contribution < -0.4 is 4.72 Å². The average Bonchev–Trinajstić information content (AvgIpc) is 2.42. The van der Waals surface area contributed by atoms with E-state index in [2.05, 4.69) is 25.5 Å². The van der Waals surface area contributed by atoms with E-state index in [1.54, 1.807) is 23.9 Å². The van der Waals surface area contributed by atoms with Crippen LogP contribution in [0.25, 0.3) is 0 Å². The van der Waals surface area contributed by atoms with E-state index in [9.17, 15) is 8.42 Å². The maximum atomic E-state index is 12.1. The molecule has 120 valence electrons. The summed E-state index contributed by atoms with van der Waals surface area (Å²) in [5, 5.41) is 8.66. The van der Waals surface area contributed by atoms with Crippen molar-refractivity contribution in [2.45, 2.75) is 37.5 Å². The van der Waals surface area contributed by atoms with Gasteiger partial charge in [0.25, 0.3) is 0 Å². The molecule has 0 aliphatic rings. The van der Waals surface area contributed by atoms with Crippen LogP contribution in [0.5, 0.6) is 0 Å². The van der Waals surface area contributed by atoms with Crippen LogP contribution in [0.2, 0.25) is 0 Å². The van der Waals surface area contributed by atoms with Crippen molar-refractivity contribution in [1.29, 1.82) is 0 Å². The van der Waals surface area contributed by atoms with Gasteiger partial charge in [-0.15, -0.1) is 0 Å². The van der Waals surface area contributed by atoms with E-state index in [0.717, 1.165) is 17.7 Å². The predicted molar refractivity (Wildman–Crippen MR) is 89.4 cm³/mol. The van der Waals surface area contributed by atoms with E-state index in [-0.39, 0.29) is 12.0 Å². The van der Waals surface area contributed by atoms with E-state index in [0.29, 0.717) is 17.2 Å². The number of hydrogen-bond acceptors (Lipinski definition) is 4. The molecule has 0 radical (unpaired) electrons. The van der Waals surface area contributed by atoms with Gasteiger partial charge < -0.3 is 5.11 Å². The Labute approximate surface area is 132 Å². The Balaban J connectivity index is 2.54. The number of sulfonamides is 1. The van der Waals surface area contributed by atoms with Crippen LogP contribution >= 0.6 is 11.8 Å². The first-order valence-electron chi connectivity index (χ1n) is 7.06. The van der Waals surface area contributed by atoms with Crippen LogP contribution in [0.15, 0.2) is 29.2 Å². The Bertz CT molecular complexity index is 519. The Morgan fingerprint density at radius 1 is 1.14 bits per heavy atom. The molecule has 0 bridgehead atoms. The SMILES string of the molecule is CC(C)(C)c1ccc(S(=O)(=O)NCCSCCCO)cc1. The second-order valence-corrected chi connectivity index (χ2v) is 8.85. The minimum absolute atomic E-state index is 0.0130. The average molecular weight is 332 g/mol. The summed E-state index contributed by atoms with van der Waals surface area (Å²) in [6, 6.07) is 7.04. The Hall–Kier alpha value is -0.560. The molecule has 1 aromatic carbocycles. The quantitative estimate of drug-likeness (QED) is 0.718. The zero-order chi connectivity index (χ0) is 15.9. The fraction of sp³-hybridized carbons (Fsp3) is 0.600. The van der Waals surface area contributed by atoms with Crippen molar-refractivity contribution in [3.63, 3.8) is 0 Å². The zero-order valence-electron chi connectivity index (χ0n) is 12.9. The first-order chi connectivity index (χ1) is 9.77. The third kappa shape index (κ3) is 6.38. The number of rotatable bonds is 8. The molecule has 0 aromatic heterocycles. The number of nitrogens with one attached hydrogen (secondary N) is 1. The lowest BCUT2D eigenvalue weighted by molar-refractivity contribution is 0.296. The summed E-state index contributed by atoms with van der Waals surface area (Å²) in [4.78, 5) is 0.302. The van der Waals surface area contributed by atoms with E-state index >= 15 is 0 Å². The van der Waals surface area contributed by atoms with Gasteiger partial charge in [0.2, 0.25) is 10.0 Å². The molecule has 6 heteroatoms. The molecule has 1 rings (SSSR count). The van der Waals surface area contributed by atoms with Crippen molar-refractivity contribution in [3.05, 3.63) is 29.8 Å². The van der Waals surface area contributed by atoms with Crippen LogP contribution in [0, 0.1) is 0 Å². The van der Waals surface area contributed by atoms with E-state index in [1.807, 2.05) is 12.1 Å². The summed E-state index contributed by atoms with van der Waals surface area (Å²) < 4.78 is 26.8. The third-order valence-corrected chi connectivity index (χ3v) is 5.56. The summed E-state index contributed by atoms with van der Waals surface area (Å²) in [5.41, 5.74) is 1.13. The van der Waals surface area contributed by atoms with Crippen molar-refractivity contribution in [2.75, 3.05) is 24.7 Å². The van der Waals surface area contributed by atoms with Crippen molar-refractivity contribution in [2.24, 2.45) is 0 Å². The highest BCUT2D eigenvalue weighted by atomic mass is 32.2. The molecule has 0 atom stereocenters. The second-order valence-electron chi connectivity index (χ2n) is 5.86. The molecule has 4 nitrogen and oxygen atoms in total. The van der Waals surface area contributed by atoms with Gasteiger partial charge in [-0.05, 0) is 35.3 Å². The minimum atomic E-state index is -3.43. The molecule has 0 aliphatic heterocycles. The molecule has 0 saturated carbocycles. The highest BCUT2D eigenvalue weighted by Gasteiger charge is 2.17. The van der Waals surface area contributed by atoms with Crippen molar-refractivity contribution >= 4 is 21.8 Å². The lowest BCUT2D eigenvalue weighted by Gasteiger charge is -2.19. The molecular formula is C15H25NO3S2. The van der Waals surface area contributed by atoms with Gasteiger partial charge in [-0.3, -0.25) is 0 Å². The third-order valence-electron chi connectivity index (χ3n) is 3.02. The topological polar surface area (TPSA) is 66.4 Å². The van der Waals surface area contributed by atoms with E-state index < -0.39 is 10.0 Å². The second kappa shape index (κ2) is 8.17. The molecule has 0 spiro atoms. The number of aliphatic hydroxyl groups is 1. The van der Waals surface area contributed by atoms with Gasteiger partial charge in [-0.2, -0.15) is 11.8 Å². The molecule has 21 heavy (non-hydrogen) atoms. The molecule has 0 unspecified atom stereocenters. The maximum absolute atomic E-state index is 12.1. The number of hydrogen-bond donors (Lipinski definition) is 2. The van der Waals surface area contributed by atoms with Crippen LogP contribution in [0.3, 0.4) is 0 Å². The fourth-order valence-electron chi connectivity index (χ4n) is 1.73. The Morgan fingerprint density at radius 3 is 2.29 bits per heavy atom. The first-order valence-corrected chi connectivity index (χ1v) is 9.70. The van der Waals surface area contributed by atoms with Gasteiger partial charge in [0, 0.05) is 18.9 Å². The van der Waals surface area contributed by atoms with Gasteiger partial charge in [-0.25, -0.2) is 13.1 Å². The molecule has 0 amide bonds. The molecular weight excluding hydrogens is 306 g/mol. The summed E-state index contributed by atoms with van der Waals surface area (Å²) in [7, 11) is -3.43. The molecule has 0 fully saturated rings. The smallest absolute Gasteiger partial charge is 0.240 e. The lowest BCUT2D eigenvalue weighted by atomic mass is 9.87. The summed E-state index contributed by atoms with van der Waals surface area (Å²) in [6.45, 7) is 6.87. The monoisotopic (exact) mass is 331 g/mol. The maximum Gasteiger partial charge on any atom is 0.240 e. The van der Waals surface area contributed by atoms with Crippen LogP contribution in [-0.2, 0) is 15.4 Å². The van der Waals surface area contributed by atoms with Gasteiger partial charge in [-0.1, -0.05) is 32.9 Å². The molecule has 0 saturated heterocycles. The molecule has 2 N–H and O–H groups in total. The molecule has 1 aromatic rings. The van der Waals surface area contributed by atoms with Crippen molar-refractivity contribution in [1.82, 2.24) is 4.72 Å².